The maximum absolute atomic E-state index is 12.9. The predicted octanol–water partition coefficient (Wildman–Crippen LogP) is 2.10. The number of nitrogens with zero attached hydrogens (tertiary/aromatic N) is 4. The van der Waals surface area contributed by atoms with E-state index >= 15 is 0 Å². The van der Waals surface area contributed by atoms with Gasteiger partial charge in [-0.25, -0.2) is 15.0 Å². The molecule has 0 spiro atoms. The lowest BCUT2D eigenvalue weighted by Gasteiger charge is -2.06. The van der Waals surface area contributed by atoms with Gasteiger partial charge in [-0.3, -0.25) is 9.36 Å². The summed E-state index contributed by atoms with van der Waals surface area (Å²) in [5.74, 6) is 0.574. The van der Waals surface area contributed by atoms with Gasteiger partial charge in [-0.1, -0.05) is 17.7 Å². The first-order valence-electron chi connectivity index (χ1n) is 7.75. The lowest BCUT2D eigenvalue weighted by molar-refractivity contribution is 0.311. The topological polar surface area (TPSA) is 92.9 Å². The first-order valence-corrected chi connectivity index (χ1v) is 8.57. The van der Waals surface area contributed by atoms with Crippen molar-refractivity contribution in [2.24, 2.45) is 0 Å². The second kappa shape index (κ2) is 6.23. The Kier molecular flexibility index (Phi) is 3.90. The standard InChI is InChI=1S/C17H15N5O2S/c1-10-2-4-11(5-3-10)22-9-21-13-12-15(18-6-7-23)19-8-20-16(12)25-14(13)17(22)24/h2-5,8-9,23H,6-7H2,1H3,(H,18,19,20). The SMILES string of the molecule is Cc1ccc(-n2cnc3c(sc4ncnc(NCCO)c43)c2=O)cc1. The lowest BCUT2D eigenvalue weighted by Crippen LogP contribution is -2.17. The third kappa shape index (κ3) is 2.65. The highest BCUT2D eigenvalue weighted by atomic mass is 32.1. The fourth-order valence-electron chi connectivity index (χ4n) is 2.66. The molecule has 0 saturated carbocycles. The quantitative estimate of drug-likeness (QED) is 0.584. The zero-order valence-corrected chi connectivity index (χ0v) is 14.2. The summed E-state index contributed by atoms with van der Waals surface area (Å²) in [5, 5.41) is 12.8. The van der Waals surface area contributed by atoms with Crippen molar-refractivity contribution in [1.82, 2.24) is 19.5 Å². The maximum atomic E-state index is 12.9. The molecular formula is C17H15N5O2S. The molecule has 3 heterocycles. The zero-order valence-electron chi connectivity index (χ0n) is 13.4. The van der Waals surface area contributed by atoms with E-state index in [0.717, 1.165) is 11.3 Å². The third-order valence-corrected chi connectivity index (χ3v) is 4.97. The van der Waals surface area contributed by atoms with E-state index in [2.05, 4.69) is 20.3 Å². The molecular weight excluding hydrogens is 338 g/mol. The zero-order chi connectivity index (χ0) is 17.4. The molecule has 4 aromatic rings. The second-order valence-corrected chi connectivity index (χ2v) is 6.59. The number of aliphatic hydroxyl groups excluding tert-OH is 1. The molecule has 7 nitrogen and oxygen atoms in total. The smallest absolute Gasteiger partial charge is 0.275 e. The molecule has 2 N–H and O–H groups in total. The molecule has 0 radical (unpaired) electrons. The number of fused-ring (bicyclic) bond motifs is 3. The molecule has 3 aromatic heterocycles. The van der Waals surface area contributed by atoms with Crippen LogP contribution in [0.4, 0.5) is 5.82 Å². The van der Waals surface area contributed by atoms with Crippen molar-refractivity contribution in [2.75, 3.05) is 18.5 Å². The molecule has 25 heavy (non-hydrogen) atoms. The Hall–Kier alpha value is -2.84. The number of aromatic nitrogens is 4. The van der Waals surface area contributed by atoms with Crippen LogP contribution in [0.5, 0.6) is 0 Å². The Morgan fingerprint density at radius 2 is 2.00 bits per heavy atom. The van der Waals surface area contributed by atoms with Gasteiger partial charge in [0.05, 0.1) is 17.7 Å². The number of benzene rings is 1. The van der Waals surface area contributed by atoms with Crippen LogP contribution in [-0.4, -0.2) is 37.8 Å². The van der Waals surface area contributed by atoms with Crippen LogP contribution in [0.2, 0.25) is 0 Å². The molecule has 0 aliphatic rings. The molecule has 1 aromatic carbocycles. The number of aliphatic hydroxyl groups is 1. The minimum atomic E-state index is -0.134. The van der Waals surface area contributed by atoms with Crippen molar-refractivity contribution in [2.45, 2.75) is 6.92 Å². The van der Waals surface area contributed by atoms with Gasteiger partial charge >= 0.3 is 0 Å². The summed E-state index contributed by atoms with van der Waals surface area (Å²) in [6.45, 7) is 2.35. The highest BCUT2D eigenvalue weighted by Crippen LogP contribution is 2.32. The molecule has 126 valence electrons. The van der Waals surface area contributed by atoms with Crippen LogP contribution in [0.25, 0.3) is 26.1 Å². The van der Waals surface area contributed by atoms with Crippen LogP contribution in [0.15, 0.2) is 41.7 Å². The van der Waals surface area contributed by atoms with E-state index in [9.17, 15) is 4.79 Å². The van der Waals surface area contributed by atoms with Crippen LogP contribution in [0.1, 0.15) is 5.56 Å². The second-order valence-electron chi connectivity index (χ2n) is 5.59. The highest BCUT2D eigenvalue weighted by molar-refractivity contribution is 7.25. The minimum absolute atomic E-state index is 0.0127. The van der Waals surface area contributed by atoms with Crippen molar-refractivity contribution in [3.63, 3.8) is 0 Å². The maximum Gasteiger partial charge on any atom is 0.275 e. The monoisotopic (exact) mass is 353 g/mol. The summed E-state index contributed by atoms with van der Waals surface area (Å²) >= 11 is 1.30. The molecule has 4 rings (SSSR count). The predicted molar refractivity (Wildman–Crippen MR) is 98.6 cm³/mol. The van der Waals surface area contributed by atoms with Crippen molar-refractivity contribution in [1.29, 1.82) is 0 Å². The Bertz CT molecular complexity index is 1120. The van der Waals surface area contributed by atoms with Crippen LogP contribution >= 0.6 is 11.3 Å². The van der Waals surface area contributed by atoms with Gasteiger partial charge in [-0.2, -0.15) is 0 Å². The Morgan fingerprint density at radius 3 is 2.76 bits per heavy atom. The fourth-order valence-corrected chi connectivity index (χ4v) is 3.69. The van der Waals surface area contributed by atoms with Crippen molar-refractivity contribution in [3.05, 3.63) is 52.8 Å². The minimum Gasteiger partial charge on any atom is -0.395 e. The summed E-state index contributed by atoms with van der Waals surface area (Å²) in [5.41, 5.74) is 2.34. The molecule has 0 fully saturated rings. The third-order valence-electron chi connectivity index (χ3n) is 3.89. The molecule has 0 bridgehead atoms. The number of hydrogen-bond acceptors (Lipinski definition) is 7. The van der Waals surface area contributed by atoms with E-state index in [0.29, 0.717) is 32.8 Å². The number of hydrogen-bond donors (Lipinski definition) is 2. The lowest BCUT2D eigenvalue weighted by atomic mass is 10.2. The van der Waals surface area contributed by atoms with Gasteiger partial charge in [-0.05, 0) is 19.1 Å². The fraction of sp³-hybridized carbons (Fsp3) is 0.176. The largest absolute Gasteiger partial charge is 0.395 e. The number of nitrogens with one attached hydrogen (secondary N) is 1. The van der Waals surface area contributed by atoms with E-state index in [1.165, 1.54) is 28.6 Å². The molecule has 0 saturated heterocycles. The molecule has 8 heteroatoms. The van der Waals surface area contributed by atoms with Crippen molar-refractivity contribution < 1.29 is 5.11 Å². The summed E-state index contributed by atoms with van der Waals surface area (Å²) < 4.78 is 2.07. The van der Waals surface area contributed by atoms with E-state index in [4.69, 9.17) is 5.11 Å². The van der Waals surface area contributed by atoms with E-state index in [1.807, 2.05) is 31.2 Å². The molecule has 0 atom stereocenters. The first-order chi connectivity index (χ1) is 12.2. The molecule has 0 aliphatic heterocycles. The molecule has 0 amide bonds. The van der Waals surface area contributed by atoms with Gasteiger partial charge in [0.15, 0.2) is 0 Å². The summed E-state index contributed by atoms with van der Waals surface area (Å²) in [4.78, 5) is 26.6. The Labute approximate surface area is 146 Å². The first kappa shape index (κ1) is 15.7. The van der Waals surface area contributed by atoms with Gasteiger partial charge < -0.3 is 10.4 Å². The van der Waals surface area contributed by atoms with Crippen LogP contribution < -0.4 is 10.9 Å². The average Bonchev–Trinajstić information content (AvgIpc) is 3.01. The van der Waals surface area contributed by atoms with Crippen LogP contribution in [0.3, 0.4) is 0 Å². The van der Waals surface area contributed by atoms with Crippen molar-refractivity contribution >= 4 is 37.6 Å². The number of rotatable bonds is 4. The number of thiophene rings is 1. The number of aryl methyl sites for hydroxylation is 1. The number of anilines is 1. The van der Waals surface area contributed by atoms with Gasteiger partial charge in [0, 0.05) is 6.54 Å². The van der Waals surface area contributed by atoms with Crippen LogP contribution in [0, 0.1) is 6.92 Å². The summed E-state index contributed by atoms with van der Waals surface area (Å²) in [7, 11) is 0. The van der Waals surface area contributed by atoms with Crippen LogP contribution in [-0.2, 0) is 0 Å². The summed E-state index contributed by atoms with van der Waals surface area (Å²) in [6.07, 6.45) is 2.97. The summed E-state index contributed by atoms with van der Waals surface area (Å²) in [6, 6.07) is 7.70. The molecule has 0 aliphatic carbocycles. The van der Waals surface area contributed by atoms with Gasteiger partial charge in [0.1, 0.15) is 33.5 Å². The normalized spacial score (nSPS) is 11.3. The average molecular weight is 353 g/mol. The van der Waals surface area contributed by atoms with E-state index in [-0.39, 0.29) is 12.2 Å². The van der Waals surface area contributed by atoms with Crippen molar-refractivity contribution in [3.8, 4) is 5.69 Å². The Balaban J connectivity index is 1.95. The van der Waals surface area contributed by atoms with E-state index in [1.54, 1.807) is 0 Å². The van der Waals surface area contributed by atoms with Gasteiger partial charge in [0.25, 0.3) is 5.56 Å². The van der Waals surface area contributed by atoms with Gasteiger partial charge in [0.2, 0.25) is 0 Å². The highest BCUT2D eigenvalue weighted by Gasteiger charge is 2.16. The molecule has 0 unspecified atom stereocenters. The Morgan fingerprint density at radius 1 is 1.20 bits per heavy atom. The van der Waals surface area contributed by atoms with E-state index < -0.39 is 0 Å². The van der Waals surface area contributed by atoms with Gasteiger partial charge in [-0.15, -0.1) is 11.3 Å².